The molecule has 0 spiro atoms. The maximum Gasteiger partial charge on any atom is 0.417 e. The van der Waals surface area contributed by atoms with Gasteiger partial charge >= 0.3 is 6.18 Å². The molecule has 0 radical (unpaired) electrons. The van der Waals surface area contributed by atoms with E-state index in [9.17, 15) is 18.0 Å². The van der Waals surface area contributed by atoms with Crippen molar-refractivity contribution in [3.8, 4) is 6.07 Å². The number of hydrogen-bond donors (Lipinski definition) is 0. The van der Waals surface area contributed by atoms with Gasteiger partial charge in [-0.3, -0.25) is 4.79 Å². The lowest BCUT2D eigenvalue weighted by molar-refractivity contribution is -0.137. The Hall–Kier alpha value is -1.35. The van der Waals surface area contributed by atoms with Crippen molar-refractivity contribution in [3.05, 3.63) is 33.3 Å². The van der Waals surface area contributed by atoms with Gasteiger partial charge in [-0.2, -0.15) is 18.4 Å². The van der Waals surface area contributed by atoms with E-state index >= 15 is 0 Å². The van der Waals surface area contributed by atoms with Crippen molar-refractivity contribution < 1.29 is 18.0 Å². The molecule has 84 valence electrons. The number of ketones is 1. The zero-order valence-electron chi connectivity index (χ0n) is 8.02. The number of rotatable bonds is 1. The van der Waals surface area contributed by atoms with Gasteiger partial charge in [0.15, 0.2) is 5.78 Å². The fraction of sp³-hybridized carbons (Fsp3) is 0.200. The van der Waals surface area contributed by atoms with Gasteiger partial charge in [-0.15, -0.1) is 0 Å². The number of nitrogens with zero attached hydrogens (tertiary/aromatic N) is 1. The normalized spacial score (nSPS) is 11.0. The molecule has 0 saturated heterocycles. The molecule has 0 unspecified atom stereocenters. The third-order valence-electron chi connectivity index (χ3n) is 1.91. The highest BCUT2D eigenvalue weighted by molar-refractivity contribution is 9.10. The zero-order chi connectivity index (χ0) is 12.5. The summed E-state index contributed by atoms with van der Waals surface area (Å²) in [5.41, 5.74) is -1.70. The Morgan fingerprint density at radius 2 is 2.00 bits per heavy atom. The third kappa shape index (κ3) is 2.42. The largest absolute Gasteiger partial charge is 0.417 e. The van der Waals surface area contributed by atoms with Crippen molar-refractivity contribution >= 4 is 21.7 Å². The topological polar surface area (TPSA) is 40.9 Å². The van der Waals surface area contributed by atoms with Gasteiger partial charge in [-0.25, -0.2) is 0 Å². The van der Waals surface area contributed by atoms with Gasteiger partial charge < -0.3 is 0 Å². The Kier molecular flexibility index (Phi) is 3.38. The smallest absolute Gasteiger partial charge is 0.295 e. The molecule has 0 fully saturated rings. The van der Waals surface area contributed by atoms with Crippen LogP contribution in [0.15, 0.2) is 16.6 Å². The van der Waals surface area contributed by atoms with Crippen LogP contribution in [-0.4, -0.2) is 5.78 Å². The first-order valence-corrected chi connectivity index (χ1v) is 4.88. The Morgan fingerprint density at radius 1 is 1.44 bits per heavy atom. The second-order valence-electron chi connectivity index (χ2n) is 3.05. The summed E-state index contributed by atoms with van der Waals surface area (Å²) in [5, 5.41) is 8.63. The molecule has 0 amide bonds. The van der Waals surface area contributed by atoms with Gasteiger partial charge in [-0.05, 0) is 35.0 Å². The highest BCUT2D eigenvalue weighted by Crippen LogP contribution is 2.35. The molecule has 6 heteroatoms. The van der Waals surface area contributed by atoms with E-state index in [1.54, 1.807) is 0 Å². The van der Waals surface area contributed by atoms with Crippen LogP contribution in [0.5, 0.6) is 0 Å². The van der Waals surface area contributed by atoms with Crippen LogP contribution in [0.2, 0.25) is 0 Å². The van der Waals surface area contributed by atoms with Crippen LogP contribution in [0, 0.1) is 11.3 Å². The van der Waals surface area contributed by atoms with E-state index in [0.717, 1.165) is 6.92 Å². The molecule has 0 aliphatic heterocycles. The molecule has 0 N–H and O–H groups in total. The van der Waals surface area contributed by atoms with E-state index in [1.165, 1.54) is 12.1 Å². The molecule has 0 aliphatic rings. The Balaban J connectivity index is 3.57. The van der Waals surface area contributed by atoms with E-state index in [0.29, 0.717) is 6.07 Å². The maximum atomic E-state index is 12.6. The molecule has 0 aliphatic carbocycles. The standard InChI is InChI=1S/C10H5BrF3NO/c1-5(16)6-2-8(10(12,13)14)7(4-15)9(11)3-6/h2-3H,1H3. The van der Waals surface area contributed by atoms with Crippen LogP contribution in [0.1, 0.15) is 28.4 Å². The molecule has 2 nitrogen and oxygen atoms in total. The van der Waals surface area contributed by atoms with Gasteiger partial charge in [0.2, 0.25) is 0 Å². The van der Waals surface area contributed by atoms with Crippen molar-refractivity contribution in [3.63, 3.8) is 0 Å². The number of alkyl halides is 3. The number of halogens is 4. The van der Waals surface area contributed by atoms with Crippen LogP contribution >= 0.6 is 15.9 Å². The number of carbonyl (C=O) groups is 1. The van der Waals surface area contributed by atoms with Gasteiger partial charge in [-0.1, -0.05) is 0 Å². The third-order valence-corrected chi connectivity index (χ3v) is 2.54. The van der Waals surface area contributed by atoms with Gasteiger partial charge in [0, 0.05) is 10.0 Å². The Bertz CT molecular complexity index is 488. The average molecular weight is 292 g/mol. The molecule has 0 aromatic heterocycles. The molecule has 0 atom stereocenters. The fourth-order valence-electron chi connectivity index (χ4n) is 1.15. The van der Waals surface area contributed by atoms with Crippen molar-refractivity contribution in [2.45, 2.75) is 13.1 Å². The van der Waals surface area contributed by atoms with Crippen LogP contribution in [0.3, 0.4) is 0 Å². The minimum atomic E-state index is -4.65. The number of benzene rings is 1. The van der Waals surface area contributed by atoms with Crippen LogP contribution in [-0.2, 0) is 6.18 Å². The summed E-state index contributed by atoms with van der Waals surface area (Å²) in [4.78, 5) is 11.0. The lowest BCUT2D eigenvalue weighted by atomic mass is 10.0. The highest BCUT2D eigenvalue weighted by Gasteiger charge is 2.35. The van der Waals surface area contributed by atoms with E-state index < -0.39 is 23.1 Å². The predicted octanol–water partition coefficient (Wildman–Crippen LogP) is 3.54. The molecule has 16 heavy (non-hydrogen) atoms. The molecule has 0 heterocycles. The van der Waals surface area contributed by atoms with Crippen LogP contribution in [0.25, 0.3) is 0 Å². The SMILES string of the molecule is CC(=O)c1cc(Br)c(C#N)c(C(F)(F)F)c1. The highest BCUT2D eigenvalue weighted by atomic mass is 79.9. The number of hydrogen-bond acceptors (Lipinski definition) is 2. The van der Waals surface area contributed by atoms with E-state index in [1.807, 2.05) is 0 Å². The first kappa shape index (κ1) is 12.7. The molecular weight excluding hydrogens is 287 g/mol. The van der Waals surface area contributed by atoms with E-state index in [2.05, 4.69) is 15.9 Å². The summed E-state index contributed by atoms with van der Waals surface area (Å²) < 4.78 is 37.7. The number of nitriles is 1. The lowest BCUT2D eigenvalue weighted by Gasteiger charge is -2.11. The summed E-state index contributed by atoms with van der Waals surface area (Å²) >= 11 is 2.84. The molecule has 1 aromatic carbocycles. The average Bonchev–Trinajstić information content (AvgIpc) is 2.14. The summed E-state index contributed by atoms with van der Waals surface area (Å²) in [6, 6.07) is 3.35. The van der Waals surface area contributed by atoms with Crippen molar-refractivity contribution in [2.75, 3.05) is 0 Å². The zero-order valence-corrected chi connectivity index (χ0v) is 9.61. The lowest BCUT2D eigenvalue weighted by Crippen LogP contribution is -2.10. The van der Waals surface area contributed by atoms with Crippen molar-refractivity contribution in [1.82, 2.24) is 0 Å². The number of Topliss-reactive ketones (excluding diaryl/α,β-unsaturated/α-hetero) is 1. The fourth-order valence-corrected chi connectivity index (χ4v) is 1.70. The molecular formula is C10H5BrF3NO. The summed E-state index contributed by atoms with van der Waals surface area (Å²) in [6.45, 7) is 1.16. The minimum absolute atomic E-state index is 0.0324. The van der Waals surface area contributed by atoms with Crippen LogP contribution < -0.4 is 0 Å². The van der Waals surface area contributed by atoms with E-state index in [-0.39, 0.29) is 10.0 Å². The monoisotopic (exact) mass is 291 g/mol. The summed E-state index contributed by atoms with van der Waals surface area (Å²) in [6.07, 6.45) is -4.65. The van der Waals surface area contributed by atoms with E-state index in [4.69, 9.17) is 5.26 Å². The first-order valence-electron chi connectivity index (χ1n) is 4.09. The summed E-state index contributed by atoms with van der Waals surface area (Å²) in [7, 11) is 0. The van der Waals surface area contributed by atoms with Gasteiger partial charge in [0.05, 0.1) is 11.1 Å². The predicted molar refractivity (Wildman–Crippen MR) is 53.9 cm³/mol. The maximum absolute atomic E-state index is 12.6. The minimum Gasteiger partial charge on any atom is -0.295 e. The second kappa shape index (κ2) is 4.26. The molecule has 1 aromatic rings. The van der Waals surface area contributed by atoms with Crippen molar-refractivity contribution in [1.29, 1.82) is 5.26 Å². The van der Waals surface area contributed by atoms with Crippen molar-refractivity contribution in [2.24, 2.45) is 0 Å². The molecule has 1 rings (SSSR count). The van der Waals surface area contributed by atoms with Crippen LogP contribution in [0.4, 0.5) is 13.2 Å². The Labute approximate surface area is 97.8 Å². The first-order chi connectivity index (χ1) is 7.27. The Morgan fingerprint density at radius 3 is 2.38 bits per heavy atom. The summed E-state index contributed by atoms with van der Waals surface area (Å²) in [5.74, 6) is -0.490. The number of carbonyl (C=O) groups excluding carboxylic acids is 1. The molecule has 0 saturated carbocycles. The quantitative estimate of drug-likeness (QED) is 0.743. The van der Waals surface area contributed by atoms with Gasteiger partial charge in [0.1, 0.15) is 6.07 Å². The molecule has 0 bridgehead atoms. The van der Waals surface area contributed by atoms with Gasteiger partial charge in [0.25, 0.3) is 0 Å². The second-order valence-corrected chi connectivity index (χ2v) is 3.90.